The molecule has 2 aromatic heterocycles. The van der Waals surface area contributed by atoms with Crippen LogP contribution in [-0.2, 0) is 11.0 Å². The standard InChI is InChI=1S/C31H32F5N9O2/c1-3-24(46)44-14-13-42(16-20(44)7-10-37)27-22-15-38-45(23-6-4-5-19(2)25(23)31(34,35)36)28(47)26(22)39-29(40-27)43-17-21(18-43)41-11-8-30(32,33)9-12-41/h3-6,15,20-21H,1,7-9,11-14,16-18H2,2H3. The van der Waals surface area contributed by atoms with E-state index < -0.39 is 35.0 Å². The van der Waals surface area contributed by atoms with Gasteiger partial charge in [0.15, 0.2) is 0 Å². The third-order valence-electron chi connectivity index (χ3n) is 9.13. The van der Waals surface area contributed by atoms with Gasteiger partial charge in [-0.05, 0) is 24.6 Å². The third kappa shape index (κ3) is 6.11. The number of aromatic nitrogens is 4. The molecule has 3 saturated heterocycles. The number of rotatable bonds is 6. The van der Waals surface area contributed by atoms with Gasteiger partial charge in [0.05, 0.1) is 41.4 Å². The molecule has 1 atom stereocenters. The molecule has 0 bridgehead atoms. The lowest BCUT2D eigenvalue weighted by Crippen LogP contribution is -2.62. The average Bonchev–Trinajstić information content (AvgIpc) is 3.00. The number of aryl methyl sites for hydroxylation is 1. The van der Waals surface area contributed by atoms with Crippen molar-refractivity contribution < 1.29 is 26.7 Å². The molecule has 0 aliphatic carbocycles. The minimum absolute atomic E-state index is 0.0211. The highest BCUT2D eigenvalue weighted by molar-refractivity contribution is 5.90. The molecule has 3 fully saturated rings. The molecule has 0 N–H and O–H groups in total. The summed E-state index contributed by atoms with van der Waals surface area (Å²) in [6.07, 6.45) is -2.76. The lowest BCUT2D eigenvalue weighted by Gasteiger charge is -2.47. The van der Waals surface area contributed by atoms with Crippen LogP contribution < -0.4 is 15.4 Å². The molecule has 6 rings (SSSR count). The Labute approximate surface area is 266 Å². The first-order chi connectivity index (χ1) is 22.3. The summed E-state index contributed by atoms with van der Waals surface area (Å²) in [5, 5.41) is 13.8. The number of alkyl halides is 5. The molecule has 0 spiro atoms. The summed E-state index contributed by atoms with van der Waals surface area (Å²) in [6.45, 7) is 6.84. The van der Waals surface area contributed by atoms with Gasteiger partial charge in [0, 0.05) is 64.7 Å². The second kappa shape index (κ2) is 12.2. The van der Waals surface area contributed by atoms with Crippen molar-refractivity contribution in [2.75, 3.05) is 55.6 Å². The van der Waals surface area contributed by atoms with Gasteiger partial charge in [-0.25, -0.2) is 13.8 Å². The Hall–Kier alpha value is -4.65. The highest BCUT2D eigenvalue weighted by Crippen LogP contribution is 2.37. The number of fused-ring (bicyclic) bond motifs is 1. The second-order valence-electron chi connectivity index (χ2n) is 12.1. The van der Waals surface area contributed by atoms with E-state index in [4.69, 9.17) is 4.98 Å². The number of hydrogen-bond acceptors (Lipinski definition) is 9. The van der Waals surface area contributed by atoms with Crippen LogP contribution in [0.4, 0.5) is 33.7 Å². The van der Waals surface area contributed by atoms with Crippen LogP contribution in [0, 0.1) is 18.3 Å². The number of nitriles is 1. The van der Waals surface area contributed by atoms with E-state index in [0.717, 1.165) is 0 Å². The molecule has 16 heteroatoms. The van der Waals surface area contributed by atoms with E-state index in [2.05, 4.69) is 22.7 Å². The molecule has 11 nitrogen and oxygen atoms in total. The molecule has 1 unspecified atom stereocenters. The number of anilines is 2. The van der Waals surface area contributed by atoms with Gasteiger partial charge < -0.3 is 14.7 Å². The first-order valence-corrected chi connectivity index (χ1v) is 15.2. The lowest BCUT2D eigenvalue weighted by molar-refractivity contribution is -0.138. The summed E-state index contributed by atoms with van der Waals surface area (Å²) >= 11 is 0. The fourth-order valence-electron chi connectivity index (χ4n) is 6.55. The van der Waals surface area contributed by atoms with Crippen LogP contribution in [0.25, 0.3) is 16.6 Å². The minimum atomic E-state index is -4.76. The van der Waals surface area contributed by atoms with Crippen LogP contribution in [0.1, 0.15) is 30.4 Å². The second-order valence-corrected chi connectivity index (χ2v) is 12.1. The van der Waals surface area contributed by atoms with Gasteiger partial charge in [-0.15, -0.1) is 0 Å². The van der Waals surface area contributed by atoms with Crippen molar-refractivity contribution in [3.63, 3.8) is 0 Å². The molecule has 47 heavy (non-hydrogen) atoms. The van der Waals surface area contributed by atoms with E-state index >= 15 is 0 Å². The summed E-state index contributed by atoms with van der Waals surface area (Å²) < 4.78 is 70.6. The van der Waals surface area contributed by atoms with Crippen molar-refractivity contribution >= 4 is 28.6 Å². The number of piperazine rings is 1. The van der Waals surface area contributed by atoms with Crippen LogP contribution in [0.15, 0.2) is 41.8 Å². The van der Waals surface area contributed by atoms with Gasteiger partial charge in [0.1, 0.15) is 11.3 Å². The van der Waals surface area contributed by atoms with E-state index in [0.29, 0.717) is 17.8 Å². The van der Waals surface area contributed by atoms with Gasteiger partial charge in [0.25, 0.3) is 11.5 Å². The Kier molecular flexibility index (Phi) is 8.37. The van der Waals surface area contributed by atoms with E-state index in [-0.39, 0.29) is 92.2 Å². The summed E-state index contributed by atoms with van der Waals surface area (Å²) in [7, 11) is 0. The number of piperidine rings is 1. The molecular formula is C31H32F5N9O2. The molecule has 3 aliphatic rings. The van der Waals surface area contributed by atoms with Gasteiger partial charge >= 0.3 is 6.18 Å². The zero-order valence-electron chi connectivity index (χ0n) is 25.6. The van der Waals surface area contributed by atoms with E-state index in [1.807, 2.05) is 9.80 Å². The third-order valence-corrected chi connectivity index (χ3v) is 9.13. The average molecular weight is 658 g/mol. The number of carbonyl (C=O) groups is 1. The molecular weight excluding hydrogens is 625 g/mol. The molecule has 1 aromatic carbocycles. The summed E-state index contributed by atoms with van der Waals surface area (Å²) in [5.41, 5.74) is -2.55. The predicted molar refractivity (Wildman–Crippen MR) is 163 cm³/mol. The van der Waals surface area contributed by atoms with Gasteiger partial charge in [0.2, 0.25) is 11.9 Å². The van der Waals surface area contributed by atoms with Crippen LogP contribution in [0.3, 0.4) is 0 Å². The SMILES string of the molecule is C=CC(=O)N1CCN(c2nc(N3CC(N4CCC(F)(F)CC4)C3)nc3c(=O)n(-c4cccc(C)c4C(F)(F)F)ncc23)CC1CC#N. The fourth-order valence-corrected chi connectivity index (χ4v) is 6.55. The van der Waals surface area contributed by atoms with Crippen molar-refractivity contribution in [3.05, 3.63) is 58.5 Å². The van der Waals surface area contributed by atoms with E-state index in [1.165, 1.54) is 37.4 Å². The zero-order chi connectivity index (χ0) is 33.7. The molecule has 248 valence electrons. The van der Waals surface area contributed by atoms with Crippen molar-refractivity contribution in [2.45, 2.75) is 50.4 Å². The minimum Gasteiger partial charge on any atom is -0.352 e. The van der Waals surface area contributed by atoms with Gasteiger partial charge in [-0.2, -0.15) is 33.2 Å². The maximum absolute atomic E-state index is 14.1. The first kappa shape index (κ1) is 32.3. The number of amides is 1. The Morgan fingerprint density at radius 2 is 1.83 bits per heavy atom. The molecule has 5 heterocycles. The van der Waals surface area contributed by atoms with Crippen LogP contribution >= 0.6 is 0 Å². The largest absolute Gasteiger partial charge is 0.418 e. The highest BCUT2D eigenvalue weighted by Gasteiger charge is 2.41. The highest BCUT2D eigenvalue weighted by atomic mass is 19.4. The smallest absolute Gasteiger partial charge is 0.352 e. The number of benzene rings is 1. The number of halogens is 5. The maximum atomic E-state index is 14.1. The molecule has 3 aromatic rings. The molecule has 0 saturated carbocycles. The Bertz CT molecular complexity index is 1810. The predicted octanol–water partition coefficient (Wildman–Crippen LogP) is 3.54. The van der Waals surface area contributed by atoms with Gasteiger partial charge in [-0.3, -0.25) is 14.5 Å². The molecule has 1 amide bonds. The summed E-state index contributed by atoms with van der Waals surface area (Å²) in [6, 6.07) is 5.43. The van der Waals surface area contributed by atoms with Crippen molar-refractivity contribution in [3.8, 4) is 11.8 Å². The van der Waals surface area contributed by atoms with Gasteiger partial charge in [-0.1, -0.05) is 18.7 Å². The maximum Gasteiger partial charge on any atom is 0.418 e. The zero-order valence-corrected chi connectivity index (χ0v) is 25.6. The monoisotopic (exact) mass is 657 g/mol. The number of likely N-dealkylation sites (tertiary alicyclic amines) is 1. The van der Waals surface area contributed by atoms with Crippen molar-refractivity contribution in [2.24, 2.45) is 0 Å². The lowest BCUT2D eigenvalue weighted by atomic mass is 10.0. The summed E-state index contributed by atoms with van der Waals surface area (Å²) in [5.74, 6) is -2.57. The van der Waals surface area contributed by atoms with Crippen molar-refractivity contribution in [1.29, 1.82) is 5.26 Å². The summed E-state index contributed by atoms with van der Waals surface area (Å²) in [4.78, 5) is 42.9. The van der Waals surface area contributed by atoms with Crippen molar-refractivity contribution in [1.82, 2.24) is 29.5 Å². The van der Waals surface area contributed by atoms with Crippen LogP contribution in [-0.4, -0.2) is 99.3 Å². The fraction of sp³-hybridized carbons (Fsp3) is 0.484. The quantitative estimate of drug-likeness (QED) is 0.290. The Morgan fingerprint density at radius 1 is 1.11 bits per heavy atom. The van der Waals surface area contributed by atoms with Crippen LogP contribution in [0.5, 0.6) is 0 Å². The van der Waals surface area contributed by atoms with Crippen LogP contribution in [0.2, 0.25) is 0 Å². The molecule has 3 aliphatic heterocycles. The van der Waals surface area contributed by atoms with E-state index in [1.54, 1.807) is 9.80 Å². The van der Waals surface area contributed by atoms with E-state index in [9.17, 15) is 36.8 Å². The topological polar surface area (TPSA) is 114 Å². The number of nitrogens with zero attached hydrogens (tertiary/aromatic N) is 9. The normalized spacial score (nSPS) is 20.6. The molecule has 0 radical (unpaired) electrons. The Morgan fingerprint density at radius 3 is 2.49 bits per heavy atom. The first-order valence-electron chi connectivity index (χ1n) is 15.2. The number of carbonyl (C=O) groups excluding carboxylic acids is 1. The number of hydrogen-bond donors (Lipinski definition) is 0. The Balaban J connectivity index is 1.42.